The van der Waals surface area contributed by atoms with Gasteiger partial charge in [0.15, 0.2) is 0 Å². The number of carbonyl (C=O) groups is 1. The van der Waals surface area contributed by atoms with E-state index in [1.54, 1.807) is 23.0 Å². The standard InChI is InChI=1S/C16H20FN3O2/c1-16(2,3)20-10-11(8-19-20)15(22)18-9-14(21)12-6-4-5-7-13(12)17/h4-8,10,14,21H,9H2,1-3H3,(H,18,22). The molecule has 0 spiro atoms. The first-order valence-electron chi connectivity index (χ1n) is 7.05. The van der Waals surface area contributed by atoms with Gasteiger partial charge in [0.25, 0.3) is 5.91 Å². The van der Waals surface area contributed by atoms with Gasteiger partial charge in [-0.3, -0.25) is 9.48 Å². The molecule has 1 atom stereocenters. The number of hydrogen-bond donors (Lipinski definition) is 2. The molecule has 2 rings (SSSR count). The molecule has 2 N–H and O–H groups in total. The number of amides is 1. The Morgan fingerprint density at radius 2 is 2.09 bits per heavy atom. The molecule has 1 unspecified atom stereocenters. The lowest BCUT2D eigenvalue weighted by Gasteiger charge is -2.18. The van der Waals surface area contributed by atoms with Gasteiger partial charge in [-0.2, -0.15) is 5.10 Å². The fourth-order valence-corrected chi connectivity index (χ4v) is 1.95. The Kier molecular flexibility index (Phi) is 4.61. The summed E-state index contributed by atoms with van der Waals surface area (Å²) in [6.07, 6.45) is 2.02. The fourth-order valence-electron chi connectivity index (χ4n) is 1.95. The number of halogens is 1. The Morgan fingerprint density at radius 1 is 1.41 bits per heavy atom. The second-order valence-electron chi connectivity index (χ2n) is 6.09. The molecule has 6 heteroatoms. The molecule has 0 aliphatic rings. The molecule has 22 heavy (non-hydrogen) atoms. The first kappa shape index (κ1) is 16.2. The van der Waals surface area contributed by atoms with Crippen LogP contribution in [0.25, 0.3) is 0 Å². The predicted molar refractivity (Wildman–Crippen MR) is 80.9 cm³/mol. The molecule has 1 aromatic heterocycles. The molecule has 0 fully saturated rings. The van der Waals surface area contributed by atoms with E-state index in [1.807, 2.05) is 20.8 Å². The highest BCUT2D eigenvalue weighted by Crippen LogP contribution is 2.16. The number of carbonyl (C=O) groups excluding carboxylic acids is 1. The van der Waals surface area contributed by atoms with Crippen LogP contribution in [0.1, 0.15) is 42.8 Å². The average Bonchev–Trinajstić information content (AvgIpc) is 2.95. The molecule has 0 aliphatic carbocycles. The summed E-state index contributed by atoms with van der Waals surface area (Å²) in [4.78, 5) is 12.0. The molecular weight excluding hydrogens is 285 g/mol. The number of nitrogens with zero attached hydrogens (tertiary/aromatic N) is 2. The van der Waals surface area contributed by atoms with Crippen LogP contribution < -0.4 is 5.32 Å². The van der Waals surface area contributed by atoms with Gasteiger partial charge in [-0.05, 0) is 26.8 Å². The van der Waals surface area contributed by atoms with Crippen molar-refractivity contribution in [3.63, 3.8) is 0 Å². The minimum atomic E-state index is -1.09. The van der Waals surface area contributed by atoms with Crippen LogP contribution in [0.5, 0.6) is 0 Å². The summed E-state index contributed by atoms with van der Waals surface area (Å²) < 4.78 is 15.2. The molecule has 0 bridgehead atoms. The Bertz CT molecular complexity index is 661. The molecule has 1 aromatic carbocycles. The summed E-state index contributed by atoms with van der Waals surface area (Å²) >= 11 is 0. The van der Waals surface area contributed by atoms with Crippen molar-refractivity contribution in [3.8, 4) is 0 Å². The summed E-state index contributed by atoms with van der Waals surface area (Å²) in [5.41, 5.74) is 0.342. The quantitative estimate of drug-likeness (QED) is 0.910. The van der Waals surface area contributed by atoms with Crippen molar-refractivity contribution >= 4 is 5.91 Å². The zero-order valence-corrected chi connectivity index (χ0v) is 12.9. The zero-order valence-electron chi connectivity index (χ0n) is 12.9. The van der Waals surface area contributed by atoms with Gasteiger partial charge in [0.1, 0.15) is 5.82 Å². The van der Waals surface area contributed by atoms with Crippen molar-refractivity contribution in [1.29, 1.82) is 0 Å². The Balaban J connectivity index is 1.98. The molecule has 0 radical (unpaired) electrons. The van der Waals surface area contributed by atoms with E-state index in [0.29, 0.717) is 5.56 Å². The molecule has 1 amide bonds. The first-order valence-corrected chi connectivity index (χ1v) is 7.05. The molecular formula is C16H20FN3O2. The highest BCUT2D eigenvalue weighted by Gasteiger charge is 2.18. The Morgan fingerprint density at radius 3 is 2.68 bits per heavy atom. The Hall–Kier alpha value is -2.21. The first-order chi connectivity index (χ1) is 10.3. The maximum atomic E-state index is 13.5. The molecule has 1 heterocycles. The molecule has 118 valence electrons. The van der Waals surface area contributed by atoms with Gasteiger partial charge in [-0.25, -0.2) is 4.39 Å². The van der Waals surface area contributed by atoms with E-state index in [2.05, 4.69) is 10.4 Å². The topological polar surface area (TPSA) is 67.2 Å². The van der Waals surface area contributed by atoms with Gasteiger partial charge in [0, 0.05) is 18.3 Å². The highest BCUT2D eigenvalue weighted by atomic mass is 19.1. The third-order valence-electron chi connectivity index (χ3n) is 3.25. The SMILES string of the molecule is CC(C)(C)n1cc(C(=O)NCC(O)c2ccccc2F)cn1. The molecule has 5 nitrogen and oxygen atoms in total. The molecule has 0 aliphatic heterocycles. The Labute approximate surface area is 128 Å². The third-order valence-corrected chi connectivity index (χ3v) is 3.25. The van der Waals surface area contributed by atoms with Crippen LogP contribution in [0.4, 0.5) is 4.39 Å². The van der Waals surface area contributed by atoms with Crippen LogP contribution in [-0.2, 0) is 5.54 Å². The summed E-state index contributed by atoms with van der Waals surface area (Å²) in [6, 6.07) is 5.94. The number of benzene rings is 1. The molecule has 0 saturated heterocycles. The van der Waals surface area contributed by atoms with Crippen LogP contribution >= 0.6 is 0 Å². The highest BCUT2D eigenvalue weighted by molar-refractivity contribution is 5.93. The van der Waals surface area contributed by atoms with E-state index in [1.165, 1.54) is 18.3 Å². The van der Waals surface area contributed by atoms with Crippen LogP contribution in [0.15, 0.2) is 36.7 Å². The van der Waals surface area contributed by atoms with Crippen LogP contribution in [0.3, 0.4) is 0 Å². The van der Waals surface area contributed by atoms with Gasteiger partial charge in [-0.1, -0.05) is 18.2 Å². The van der Waals surface area contributed by atoms with Crippen LogP contribution in [0, 0.1) is 5.82 Å². The lowest BCUT2D eigenvalue weighted by Crippen LogP contribution is -2.28. The second kappa shape index (κ2) is 6.27. The van der Waals surface area contributed by atoms with E-state index < -0.39 is 11.9 Å². The van der Waals surface area contributed by atoms with Crippen molar-refractivity contribution in [3.05, 3.63) is 53.6 Å². The number of aliphatic hydroxyl groups excluding tert-OH is 1. The van der Waals surface area contributed by atoms with E-state index in [9.17, 15) is 14.3 Å². The van der Waals surface area contributed by atoms with Crippen molar-refractivity contribution < 1.29 is 14.3 Å². The molecule has 2 aromatic rings. The summed E-state index contributed by atoms with van der Waals surface area (Å²) in [7, 11) is 0. The smallest absolute Gasteiger partial charge is 0.254 e. The normalized spacial score (nSPS) is 13.0. The van der Waals surface area contributed by atoms with Crippen molar-refractivity contribution in [2.75, 3.05) is 6.54 Å². The largest absolute Gasteiger partial charge is 0.386 e. The fraction of sp³-hybridized carbons (Fsp3) is 0.375. The third kappa shape index (κ3) is 3.71. The maximum Gasteiger partial charge on any atom is 0.254 e. The van der Waals surface area contributed by atoms with Gasteiger partial charge in [-0.15, -0.1) is 0 Å². The number of hydrogen-bond acceptors (Lipinski definition) is 3. The minimum Gasteiger partial charge on any atom is -0.386 e. The summed E-state index contributed by atoms with van der Waals surface area (Å²) in [6.45, 7) is 5.86. The number of rotatable bonds is 4. The van der Waals surface area contributed by atoms with Crippen LogP contribution in [0.2, 0.25) is 0 Å². The minimum absolute atomic E-state index is 0.0690. The monoisotopic (exact) mass is 305 g/mol. The number of nitrogens with one attached hydrogen (secondary N) is 1. The van der Waals surface area contributed by atoms with Gasteiger partial charge < -0.3 is 10.4 Å². The number of aromatic nitrogens is 2. The second-order valence-corrected chi connectivity index (χ2v) is 6.09. The lowest BCUT2D eigenvalue weighted by molar-refractivity contribution is 0.0914. The van der Waals surface area contributed by atoms with Crippen LogP contribution in [-0.4, -0.2) is 27.3 Å². The van der Waals surface area contributed by atoms with E-state index in [-0.39, 0.29) is 23.6 Å². The van der Waals surface area contributed by atoms with Gasteiger partial charge in [0.2, 0.25) is 0 Å². The summed E-state index contributed by atoms with van der Waals surface area (Å²) in [5, 5.41) is 16.7. The van der Waals surface area contributed by atoms with Crippen molar-refractivity contribution in [2.24, 2.45) is 0 Å². The van der Waals surface area contributed by atoms with Gasteiger partial charge >= 0.3 is 0 Å². The summed E-state index contributed by atoms with van der Waals surface area (Å²) in [5.74, 6) is -0.851. The van der Waals surface area contributed by atoms with Crippen molar-refractivity contribution in [2.45, 2.75) is 32.4 Å². The number of aliphatic hydroxyl groups is 1. The average molecular weight is 305 g/mol. The molecule has 0 saturated carbocycles. The van der Waals surface area contributed by atoms with E-state index >= 15 is 0 Å². The van der Waals surface area contributed by atoms with E-state index in [4.69, 9.17) is 0 Å². The predicted octanol–water partition coefficient (Wildman–Crippen LogP) is 2.24. The van der Waals surface area contributed by atoms with Gasteiger partial charge in [0.05, 0.1) is 23.4 Å². The maximum absolute atomic E-state index is 13.5. The zero-order chi connectivity index (χ0) is 16.3. The van der Waals surface area contributed by atoms with Crippen molar-refractivity contribution in [1.82, 2.24) is 15.1 Å². The lowest BCUT2D eigenvalue weighted by atomic mass is 10.1. The van der Waals surface area contributed by atoms with E-state index in [0.717, 1.165) is 0 Å².